The lowest BCUT2D eigenvalue weighted by atomic mass is 9.44. The van der Waals surface area contributed by atoms with Crippen LogP contribution in [0.1, 0.15) is 150 Å². The molecule has 1 spiro atoms. The van der Waals surface area contributed by atoms with E-state index in [1.54, 1.807) is 28.4 Å². The van der Waals surface area contributed by atoms with E-state index in [-0.39, 0.29) is 59.7 Å². The summed E-state index contributed by atoms with van der Waals surface area (Å²) in [5.74, 6) is 0.447. The van der Waals surface area contributed by atoms with Crippen molar-refractivity contribution in [2.75, 3.05) is 6.61 Å². The number of aliphatic hydroxyl groups excluding tert-OH is 4. The molecule has 5 N–H and O–H groups in total. The van der Waals surface area contributed by atoms with Crippen molar-refractivity contribution in [2.45, 2.75) is 180 Å². The van der Waals surface area contributed by atoms with E-state index in [9.17, 15) is 30.3 Å². The molecule has 8 nitrogen and oxygen atoms in total. The Labute approximate surface area is 353 Å². The molecule has 1 heterocycles. The molecular formula is C51H74N2O6. The monoisotopic (exact) mass is 811 g/mol. The zero-order valence-corrected chi connectivity index (χ0v) is 36.5. The molecule has 0 radical (unpaired) electrons. The number of aromatic nitrogens is 2. The van der Waals surface area contributed by atoms with Gasteiger partial charge in [0.05, 0.1) is 30.2 Å². The Morgan fingerprint density at radius 1 is 0.915 bits per heavy atom. The fraction of sp³-hybridized carbons (Fsp3) is 0.804. The molecule has 0 saturated heterocycles. The molecule has 0 aromatic carbocycles. The minimum Gasteiger partial charge on any atom is -0.396 e. The first kappa shape index (κ1) is 40.9. The Bertz CT molecular complexity index is 1910. The van der Waals surface area contributed by atoms with E-state index in [1.807, 2.05) is 12.5 Å². The highest BCUT2D eigenvalue weighted by molar-refractivity contribution is 5.95. The first-order valence-electron chi connectivity index (χ1n) is 24.2. The largest absolute Gasteiger partial charge is 0.396 e. The molecule has 6 saturated carbocycles. The van der Waals surface area contributed by atoms with Crippen LogP contribution in [0.5, 0.6) is 0 Å². The molecule has 1 aromatic heterocycles. The summed E-state index contributed by atoms with van der Waals surface area (Å²) in [5.41, 5.74) is 5.36. The van der Waals surface area contributed by atoms with Gasteiger partial charge in [-0.1, -0.05) is 62.8 Å². The van der Waals surface area contributed by atoms with E-state index in [0.717, 1.165) is 50.6 Å². The first-order chi connectivity index (χ1) is 28.2. The summed E-state index contributed by atoms with van der Waals surface area (Å²) in [4.78, 5) is 18.6. The van der Waals surface area contributed by atoms with Crippen LogP contribution in [0, 0.1) is 69.0 Å². The number of allylic oxidation sites excluding steroid dienone is 3. The van der Waals surface area contributed by atoms with Crippen LogP contribution >= 0.6 is 0 Å². The van der Waals surface area contributed by atoms with Crippen molar-refractivity contribution in [1.29, 1.82) is 0 Å². The maximum absolute atomic E-state index is 14.2. The van der Waals surface area contributed by atoms with Crippen LogP contribution in [0.3, 0.4) is 0 Å². The summed E-state index contributed by atoms with van der Waals surface area (Å²) in [6.07, 6.45) is 24.2. The van der Waals surface area contributed by atoms with Gasteiger partial charge in [0.2, 0.25) is 0 Å². The first-order valence-corrected chi connectivity index (χ1v) is 24.2. The molecule has 10 rings (SSSR count). The SMILES string of the molecule is CC(C)(CCn1ccnc1)C1=C2CCCC3(CCCC3)[C@H]2C2=C3[C@H](CCC2)C[C@@H]([C@H]2C[C@H](CCCO)[C@@]4(O)C5=CC(=O)[C@@H]6C[C@@H](O)[C@@H](O)C[C@]6(C)[C@H]5CC[C@]24C)[C@H](O)[C@H]31. The molecule has 59 heavy (non-hydrogen) atoms. The third-order valence-electron chi connectivity index (χ3n) is 20.1. The van der Waals surface area contributed by atoms with Gasteiger partial charge >= 0.3 is 0 Å². The lowest BCUT2D eigenvalue weighted by Gasteiger charge is -2.62. The number of aryl methyl sites for hydroxylation is 1. The standard InChI is InChI=1S/C51H74N2O6/c1-47(2,19-21-53-22-20-52-29-53)45-33-13-8-17-50(15-5-6-16-50)44(33)32-12-7-10-30-24-34(46(58)43(45)42(30)32)36-25-31(11-9-23-54)51(59)37-26-39(55)38-27-40(56)41(57)28-48(38,3)35(37)14-18-49(36,51)4/h20,22,26,29-31,34-36,38,40-41,43-44,46,54,56-59H,5-19,21,23-25,27-28H2,1-4H3/t30-,31+,34+,35+,36-,38+,40-,41+,43-,44+,46+,48-,49-,51-/m1/s1. The zero-order valence-electron chi connectivity index (χ0n) is 36.5. The van der Waals surface area contributed by atoms with Crippen molar-refractivity contribution in [2.24, 2.45) is 69.0 Å². The van der Waals surface area contributed by atoms with Crippen molar-refractivity contribution < 1.29 is 30.3 Å². The van der Waals surface area contributed by atoms with Crippen LogP contribution in [-0.4, -0.2) is 71.4 Å². The van der Waals surface area contributed by atoms with Crippen LogP contribution < -0.4 is 0 Å². The summed E-state index contributed by atoms with van der Waals surface area (Å²) >= 11 is 0. The molecule has 0 unspecified atom stereocenters. The van der Waals surface area contributed by atoms with Gasteiger partial charge < -0.3 is 30.1 Å². The third kappa shape index (κ3) is 5.83. The summed E-state index contributed by atoms with van der Waals surface area (Å²) < 4.78 is 2.22. The van der Waals surface area contributed by atoms with E-state index in [4.69, 9.17) is 0 Å². The highest BCUT2D eigenvalue weighted by Gasteiger charge is 2.71. The topological polar surface area (TPSA) is 136 Å². The minimum absolute atomic E-state index is 0.00413. The van der Waals surface area contributed by atoms with E-state index in [2.05, 4.69) is 43.4 Å². The highest BCUT2D eigenvalue weighted by Crippen LogP contribution is 2.73. The van der Waals surface area contributed by atoms with Crippen LogP contribution in [0.4, 0.5) is 0 Å². The summed E-state index contributed by atoms with van der Waals surface area (Å²) in [5, 5.41) is 59.3. The van der Waals surface area contributed by atoms with Gasteiger partial charge in [0.15, 0.2) is 5.78 Å². The van der Waals surface area contributed by atoms with Gasteiger partial charge in [-0.2, -0.15) is 0 Å². The van der Waals surface area contributed by atoms with Crippen molar-refractivity contribution in [3.8, 4) is 0 Å². The van der Waals surface area contributed by atoms with Crippen molar-refractivity contribution >= 4 is 5.78 Å². The van der Waals surface area contributed by atoms with E-state index >= 15 is 0 Å². The van der Waals surface area contributed by atoms with E-state index < -0.39 is 34.7 Å². The van der Waals surface area contributed by atoms with Crippen LogP contribution in [-0.2, 0) is 11.3 Å². The van der Waals surface area contributed by atoms with Crippen LogP contribution in [0.15, 0.2) is 52.7 Å². The molecule has 324 valence electrons. The minimum atomic E-state index is -1.25. The Kier molecular flexibility index (Phi) is 10.0. The number of carbonyl (C=O) groups is 1. The molecule has 0 amide bonds. The molecular weight excluding hydrogens is 737 g/mol. The second kappa shape index (κ2) is 14.5. The molecule has 1 aromatic rings. The maximum Gasteiger partial charge on any atom is 0.159 e. The molecule has 0 aliphatic heterocycles. The Hall–Kier alpha value is -2.10. The maximum atomic E-state index is 14.2. The lowest BCUT2D eigenvalue weighted by molar-refractivity contribution is -0.161. The van der Waals surface area contributed by atoms with Crippen LogP contribution in [0.25, 0.3) is 0 Å². The van der Waals surface area contributed by atoms with E-state index in [0.29, 0.717) is 36.5 Å². The second-order valence-corrected chi connectivity index (χ2v) is 23.0. The average molecular weight is 811 g/mol. The van der Waals surface area contributed by atoms with Gasteiger partial charge in [0.25, 0.3) is 0 Å². The number of aliphatic hydroxyl groups is 5. The third-order valence-corrected chi connectivity index (χ3v) is 20.1. The Morgan fingerprint density at radius 3 is 2.42 bits per heavy atom. The van der Waals surface area contributed by atoms with Gasteiger partial charge in [-0.25, -0.2) is 4.98 Å². The fourth-order valence-electron chi connectivity index (χ4n) is 17.5. The number of fused-ring (bicyclic) bond motifs is 8. The smallest absolute Gasteiger partial charge is 0.159 e. The molecule has 14 atom stereocenters. The number of hydrogen-bond donors (Lipinski definition) is 5. The Morgan fingerprint density at radius 2 is 1.68 bits per heavy atom. The molecule has 9 aliphatic carbocycles. The predicted octanol–water partition coefficient (Wildman–Crippen LogP) is 8.27. The number of nitrogens with zero attached hydrogens (tertiary/aromatic N) is 2. The molecule has 0 bridgehead atoms. The van der Waals surface area contributed by atoms with Crippen LogP contribution in [0.2, 0.25) is 0 Å². The number of imidazole rings is 1. The van der Waals surface area contributed by atoms with Crippen molar-refractivity contribution in [3.63, 3.8) is 0 Å². The van der Waals surface area contributed by atoms with Crippen molar-refractivity contribution in [3.05, 3.63) is 52.7 Å². The summed E-state index contributed by atoms with van der Waals surface area (Å²) in [6.45, 7) is 10.3. The van der Waals surface area contributed by atoms with Crippen molar-refractivity contribution in [1.82, 2.24) is 9.55 Å². The van der Waals surface area contributed by atoms with Gasteiger partial charge in [-0.05, 0) is 167 Å². The summed E-state index contributed by atoms with van der Waals surface area (Å²) in [7, 11) is 0. The molecule has 6 fully saturated rings. The summed E-state index contributed by atoms with van der Waals surface area (Å²) in [6, 6.07) is 0. The molecule has 8 heteroatoms. The van der Waals surface area contributed by atoms with E-state index in [1.165, 1.54) is 57.8 Å². The number of carbonyl (C=O) groups excluding carboxylic acids is 1. The quantitative estimate of drug-likeness (QED) is 0.167. The van der Waals surface area contributed by atoms with Gasteiger partial charge in [0, 0.05) is 48.7 Å². The average Bonchev–Trinajstić information content (AvgIpc) is 3.95. The predicted molar refractivity (Wildman–Crippen MR) is 227 cm³/mol. The number of hydrogen-bond acceptors (Lipinski definition) is 7. The van der Waals surface area contributed by atoms with Gasteiger partial charge in [0.1, 0.15) is 0 Å². The second-order valence-electron chi connectivity index (χ2n) is 23.0. The lowest BCUT2D eigenvalue weighted by Crippen LogP contribution is -2.63. The van der Waals surface area contributed by atoms with Gasteiger partial charge in [-0.15, -0.1) is 0 Å². The fourth-order valence-corrected chi connectivity index (χ4v) is 17.5. The van der Waals surface area contributed by atoms with Gasteiger partial charge in [-0.3, -0.25) is 4.79 Å². The molecule has 9 aliphatic rings. The zero-order chi connectivity index (χ0) is 41.3. The normalized spacial score (nSPS) is 45.1. The number of rotatable bonds is 8. The Balaban J connectivity index is 1.07. The number of ketones is 1. The highest BCUT2D eigenvalue weighted by atomic mass is 16.3.